The van der Waals surface area contributed by atoms with E-state index in [1.807, 2.05) is 30.3 Å². The minimum atomic E-state index is -0.394. The van der Waals surface area contributed by atoms with E-state index in [4.69, 9.17) is 0 Å². The van der Waals surface area contributed by atoms with Crippen LogP contribution in [0.4, 0.5) is 11.4 Å². The van der Waals surface area contributed by atoms with Crippen LogP contribution in [0.25, 0.3) is 6.08 Å². The maximum atomic E-state index is 12.5. The second-order valence-electron chi connectivity index (χ2n) is 8.69. The van der Waals surface area contributed by atoms with E-state index in [1.165, 1.54) is 11.3 Å². The van der Waals surface area contributed by atoms with E-state index in [0.29, 0.717) is 17.6 Å². The number of rotatable bonds is 4. The molecule has 2 aromatic carbocycles. The molecule has 1 unspecified atom stereocenters. The molecule has 1 N–H and O–H groups in total. The Hall–Kier alpha value is -3.06. The quantitative estimate of drug-likeness (QED) is 0.538. The molecule has 0 spiro atoms. The first-order chi connectivity index (χ1) is 13.7. The van der Waals surface area contributed by atoms with Crippen LogP contribution in [0.1, 0.15) is 58.1 Å². The van der Waals surface area contributed by atoms with Crippen molar-refractivity contribution in [3.63, 3.8) is 0 Å². The molecule has 1 aliphatic rings. The molecule has 150 valence electrons. The second-order valence-corrected chi connectivity index (χ2v) is 8.69. The number of benzene rings is 2. The van der Waals surface area contributed by atoms with Gasteiger partial charge in [0.15, 0.2) is 0 Å². The number of nitriles is 1. The van der Waals surface area contributed by atoms with Crippen LogP contribution in [0.5, 0.6) is 0 Å². The largest absolute Gasteiger partial charge is 0.364 e. The van der Waals surface area contributed by atoms with Gasteiger partial charge in [0.1, 0.15) is 11.6 Å². The minimum absolute atomic E-state index is 0.0886. The van der Waals surface area contributed by atoms with Gasteiger partial charge in [-0.15, -0.1) is 0 Å². The van der Waals surface area contributed by atoms with Gasteiger partial charge in [0.25, 0.3) is 5.91 Å². The molecule has 1 aliphatic heterocycles. The third kappa shape index (κ3) is 4.35. The van der Waals surface area contributed by atoms with Gasteiger partial charge in [-0.1, -0.05) is 31.2 Å². The zero-order chi connectivity index (χ0) is 21.2. The summed E-state index contributed by atoms with van der Waals surface area (Å²) in [6.07, 6.45) is 2.73. The van der Waals surface area contributed by atoms with Crippen LogP contribution in [-0.2, 0) is 4.79 Å². The van der Waals surface area contributed by atoms with Crippen molar-refractivity contribution in [1.82, 2.24) is 0 Å². The van der Waals surface area contributed by atoms with Crippen molar-refractivity contribution in [3.8, 4) is 6.07 Å². The van der Waals surface area contributed by atoms with Gasteiger partial charge in [0, 0.05) is 23.0 Å². The molecule has 0 saturated carbocycles. The molecule has 4 heteroatoms. The molecule has 0 aliphatic carbocycles. The maximum Gasteiger partial charge on any atom is 0.266 e. The number of nitrogens with one attached hydrogen (secondary N) is 1. The first kappa shape index (κ1) is 20.7. The van der Waals surface area contributed by atoms with E-state index in [-0.39, 0.29) is 11.1 Å². The van der Waals surface area contributed by atoms with E-state index in [9.17, 15) is 10.1 Å². The molecule has 4 nitrogen and oxygen atoms in total. The Morgan fingerprint density at radius 1 is 1.24 bits per heavy atom. The fourth-order valence-electron chi connectivity index (χ4n) is 4.57. The lowest BCUT2D eigenvalue weighted by Gasteiger charge is -2.50. The number of anilines is 2. The van der Waals surface area contributed by atoms with Crippen LogP contribution < -0.4 is 10.2 Å². The SMILES string of the molecule is CC1CC(C)(C)N(C(C)C)c2ccc(/C=C(/C#N)C(=O)Nc3ccccc3)cc21. The second kappa shape index (κ2) is 8.13. The lowest BCUT2D eigenvalue weighted by molar-refractivity contribution is -0.112. The molecule has 2 aromatic rings. The molecule has 0 fully saturated rings. The van der Waals surface area contributed by atoms with Crippen molar-refractivity contribution >= 4 is 23.4 Å². The van der Waals surface area contributed by atoms with E-state index in [0.717, 1.165) is 12.0 Å². The normalized spacial score (nSPS) is 18.2. The number of amides is 1. The molecule has 29 heavy (non-hydrogen) atoms. The molecule has 3 rings (SSSR count). The Morgan fingerprint density at radius 3 is 2.55 bits per heavy atom. The molecular formula is C25H29N3O. The van der Waals surface area contributed by atoms with E-state index in [1.54, 1.807) is 18.2 Å². The molecule has 1 heterocycles. The topological polar surface area (TPSA) is 56.1 Å². The smallest absolute Gasteiger partial charge is 0.266 e. The third-order valence-corrected chi connectivity index (χ3v) is 5.52. The van der Waals surface area contributed by atoms with E-state index < -0.39 is 5.91 Å². The Morgan fingerprint density at radius 2 is 1.93 bits per heavy atom. The number of nitrogens with zero attached hydrogens (tertiary/aromatic N) is 2. The van der Waals surface area contributed by atoms with Crippen molar-refractivity contribution in [2.45, 2.75) is 58.5 Å². The van der Waals surface area contributed by atoms with Gasteiger partial charge in [-0.2, -0.15) is 5.26 Å². The van der Waals surface area contributed by atoms with Gasteiger partial charge in [-0.05, 0) is 81.5 Å². The van der Waals surface area contributed by atoms with Crippen LogP contribution in [0.2, 0.25) is 0 Å². The first-order valence-corrected chi connectivity index (χ1v) is 10.1. The third-order valence-electron chi connectivity index (χ3n) is 5.52. The average molecular weight is 388 g/mol. The van der Waals surface area contributed by atoms with Gasteiger partial charge in [-0.25, -0.2) is 0 Å². The summed E-state index contributed by atoms with van der Waals surface area (Å²) in [4.78, 5) is 15.0. The molecule has 0 saturated heterocycles. The van der Waals surface area contributed by atoms with Gasteiger partial charge < -0.3 is 10.2 Å². The summed E-state index contributed by atoms with van der Waals surface area (Å²) in [6, 6.07) is 17.9. The summed E-state index contributed by atoms with van der Waals surface area (Å²) in [7, 11) is 0. The van der Waals surface area contributed by atoms with Gasteiger partial charge in [0.2, 0.25) is 0 Å². The van der Waals surface area contributed by atoms with Crippen LogP contribution >= 0.6 is 0 Å². The van der Waals surface area contributed by atoms with Crippen LogP contribution in [0.3, 0.4) is 0 Å². The zero-order valence-corrected chi connectivity index (χ0v) is 17.9. The molecule has 1 amide bonds. The lowest BCUT2D eigenvalue weighted by atomic mass is 9.79. The van der Waals surface area contributed by atoms with Gasteiger partial charge in [-0.3, -0.25) is 4.79 Å². The van der Waals surface area contributed by atoms with Crippen molar-refractivity contribution in [1.29, 1.82) is 5.26 Å². The number of carbonyl (C=O) groups is 1. The standard InChI is InChI=1S/C25H29N3O/c1-17(2)28-23-12-11-19(14-22(23)18(3)15-25(28,4)5)13-20(16-26)24(29)27-21-9-7-6-8-10-21/h6-14,17-18H,15H2,1-5H3,(H,27,29)/b20-13-. The zero-order valence-electron chi connectivity index (χ0n) is 17.9. The van der Waals surface area contributed by atoms with Crippen molar-refractivity contribution < 1.29 is 4.79 Å². The minimum Gasteiger partial charge on any atom is -0.364 e. The van der Waals surface area contributed by atoms with Gasteiger partial charge in [0.05, 0.1) is 0 Å². The Labute approximate surface area is 173 Å². The van der Waals surface area contributed by atoms with Crippen molar-refractivity contribution in [2.75, 3.05) is 10.2 Å². The highest BCUT2D eigenvalue weighted by Gasteiger charge is 2.37. The van der Waals surface area contributed by atoms with E-state index in [2.05, 4.69) is 57.0 Å². The van der Waals surface area contributed by atoms with Crippen LogP contribution in [0, 0.1) is 11.3 Å². The lowest BCUT2D eigenvalue weighted by Crippen LogP contribution is -2.51. The van der Waals surface area contributed by atoms with Crippen molar-refractivity contribution in [2.24, 2.45) is 0 Å². The predicted molar refractivity (Wildman–Crippen MR) is 120 cm³/mol. The molecule has 0 radical (unpaired) electrons. The Balaban J connectivity index is 1.93. The maximum absolute atomic E-state index is 12.5. The number of hydrogen-bond acceptors (Lipinski definition) is 3. The summed E-state index contributed by atoms with van der Waals surface area (Å²) in [5, 5.41) is 12.3. The summed E-state index contributed by atoms with van der Waals surface area (Å²) < 4.78 is 0. The fourth-order valence-corrected chi connectivity index (χ4v) is 4.57. The van der Waals surface area contributed by atoms with Crippen molar-refractivity contribution in [3.05, 3.63) is 65.2 Å². The fraction of sp³-hybridized carbons (Fsp3) is 0.360. The Bertz CT molecular complexity index is 967. The summed E-state index contributed by atoms with van der Waals surface area (Å²) >= 11 is 0. The highest BCUT2D eigenvalue weighted by atomic mass is 16.1. The number of fused-ring (bicyclic) bond motifs is 1. The number of hydrogen-bond donors (Lipinski definition) is 1. The summed E-state index contributed by atoms with van der Waals surface area (Å²) in [5.74, 6) is 0.0152. The monoisotopic (exact) mass is 387 g/mol. The molecule has 0 aromatic heterocycles. The number of para-hydroxylation sites is 1. The predicted octanol–water partition coefficient (Wildman–Crippen LogP) is 5.73. The van der Waals surface area contributed by atoms with Gasteiger partial charge >= 0.3 is 0 Å². The first-order valence-electron chi connectivity index (χ1n) is 10.1. The average Bonchev–Trinajstić information content (AvgIpc) is 2.66. The van der Waals surface area contributed by atoms with E-state index >= 15 is 0 Å². The number of carbonyl (C=O) groups excluding carboxylic acids is 1. The summed E-state index contributed by atoms with van der Waals surface area (Å²) in [5.41, 5.74) is 4.25. The van der Waals surface area contributed by atoms with Crippen LogP contribution in [0.15, 0.2) is 54.1 Å². The summed E-state index contributed by atoms with van der Waals surface area (Å²) in [6.45, 7) is 11.3. The molecule has 1 atom stereocenters. The highest BCUT2D eigenvalue weighted by molar-refractivity contribution is 6.09. The molecular weight excluding hydrogens is 358 g/mol. The van der Waals surface area contributed by atoms with Crippen LogP contribution in [-0.4, -0.2) is 17.5 Å². The highest BCUT2D eigenvalue weighted by Crippen LogP contribution is 2.44. The molecule has 0 bridgehead atoms. The Kier molecular flexibility index (Phi) is 5.79.